The number of ether oxygens (including phenoxy) is 1. The second-order valence-electron chi connectivity index (χ2n) is 5.84. The molecule has 1 aromatic rings. The van der Waals surface area contributed by atoms with E-state index in [0.717, 1.165) is 37.2 Å². The Morgan fingerprint density at radius 3 is 2.83 bits per heavy atom. The molecule has 94 valence electrons. The Morgan fingerprint density at radius 2 is 2.11 bits per heavy atom. The van der Waals surface area contributed by atoms with Crippen molar-refractivity contribution in [1.82, 2.24) is 5.32 Å². The van der Waals surface area contributed by atoms with Gasteiger partial charge in [0.1, 0.15) is 5.75 Å². The highest BCUT2D eigenvalue weighted by molar-refractivity contribution is 5.95. The van der Waals surface area contributed by atoms with Gasteiger partial charge < -0.3 is 10.1 Å². The van der Waals surface area contributed by atoms with E-state index in [1.807, 2.05) is 12.1 Å². The smallest absolute Gasteiger partial charge is 0.251 e. The standard InChI is InChI=1S/C15H17NO2/c17-14(16-11-2-3-11)10-1-4-13-12(9-10)15(5-6-15)7-8-18-13/h1,4,9,11H,2-3,5-8H2,(H,16,17). The number of hydrogen-bond acceptors (Lipinski definition) is 2. The van der Waals surface area contributed by atoms with Crippen LogP contribution in [-0.4, -0.2) is 18.6 Å². The summed E-state index contributed by atoms with van der Waals surface area (Å²) >= 11 is 0. The van der Waals surface area contributed by atoms with Crippen molar-refractivity contribution in [2.75, 3.05) is 6.61 Å². The molecule has 1 aromatic carbocycles. The first-order valence-corrected chi connectivity index (χ1v) is 6.85. The van der Waals surface area contributed by atoms with Gasteiger partial charge in [0.2, 0.25) is 0 Å². The highest BCUT2D eigenvalue weighted by atomic mass is 16.5. The normalized spacial score (nSPS) is 23.1. The summed E-state index contributed by atoms with van der Waals surface area (Å²) in [6.45, 7) is 0.820. The Hall–Kier alpha value is -1.51. The van der Waals surface area contributed by atoms with Crippen LogP contribution in [0.5, 0.6) is 5.75 Å². The molecule has 0 saturated heterocycles. The van der Waals surface area contributed by atoms with Crippen LogP contribution >= 0.6 is 0 Å². The number of rotatable bonds is 2. The van der Waals surface area contributed by atoms with E-state index in [1.165, 1.54) is 18.4 Å². The van der Waals surface area contributed by atoms with Crippen LogP contribution in [-0.2, 0) is 5.41 Å². The van der Waals surface area contributed by atoms with Crippen LogP contribution in [0.25, 0.3) is 0 Å². The third-order valence-corrected chi connectivity index (χ3v) is 4.42. The summed E-state index contributed by atoms with van der Waals surface area (Å²) in [6.07, 6.45) is 5.86. The monoisotopic (exact) mass is 243 g/mol. The van der Waals surface area contributed by atoms with Crippen LogP contribution in [0.4, 0.5) is 0 Å². The third kappa shape index (κ3) is 1.61. The zero-order valence-corrected chi connectivity index (χ0v) is 10.4. The number of nitrogens with one attached hydrogen (secondary N) is 1. The molecule has 0 atom stereocenters. The van der Waals surface area contributed by atoms with E-state index < -0.39 is 0 Å². The maximum atomic E-state index is 12.1. The van der Waals surface area contributed by atoms with Gasteiger partial charge in [0.25, 0.3) is 5.91 Å². The summed E-state index contributed by atoms with van der Waals surface area (Å²) < 4.78 is 5.70. The number of hydrogen-bond donors (Lipinski definition) is 1. The highest BCUT2D eigenvalue weighted by Gasteiger charge is 2.47. The summed E-state index contributed by atoms with van der Waals surface area (Å²) in [4.78, 5) is 12.1. The largest absolute Gasteiger partial charge is 0.493 e. The molecule has 0 unspecified atom stereocenters. The van der Waals surface area contributed by atoms with E-state index in [-0.39, 0.29) is 5.91 Å². The Balaban J connectivity index is 1.67. The summed E-state index contributed by atoms with van der Waals surface area (Å²) in [5.41, 5.74) is 2.39. The Kier molecular flexibility index (Phi) is 2.02. The molecule has 0 bridgehead atoms. The topological polar surface area (TPSA) is 38.3 Å². The molecule has 1 N–H and O–H groups in total. The van der Waals surface area contributed by atoms with Crippen LogP contribution in [0, 0.1) is 0 Å². The van der Waals surface area contributed by atoms with Gasteiger partial charge in [-0.05, 0) is 50.3 Å². The molecule has 2 saturated carbocycles. The van der Waals surface area contributed by atoms with Gasteiger partial charge in [0.05, 0.1) is 6.61 Å². The average Bonchev–Trinajstić information content (AvgIpc) is 3.28. The fourth-order valence-electron chi connectivity index (χ4n) is 2.87. The molecule has 3 nitrogen and oxygen atoms in total. The van der Waals surface area contributed by atoms with E-state index in [1.54, 1.807) is 0 Å². The number of carbonyl (C=O) groups is 1. The molecule has 2 fully saturated rings. The molecule has 1 heterocycles. The molecule has 3 heteroatoms. The van der Waals surface area contributed by atoms with Crippen molar-refractivity contribution >= 4 is 5.91 Å². The molecular weight excluding hydrogens is 226 g/mol. The third-order valence-electron chi connectivity index (χ3n) is 4.42. The Labute approximate surface area is 107 Å². The van der Waals surface area contributed by atoms with Crippen molar-refractivity contribution in [2.45, 2.75) is 43.6 Å². The van der Waals surface area contributed by atoms with Crippen molar-refractivity contribution in [3.8, 4) is 5.75 Å². The summed E-state index contributed by atoms with van der Waals surface area (Å²) in [5.74, 6) is 1.06. The number of fused-ring (bicyclic) bond motifs is 2. The van der Waals surface area contributed by atoms with E-state index in [9.17, 15) is 4.79 Å². The second-order valence-corrected chi connectivity index (χ2v) is 5.84. The van der Waals surface area contributed by atoms with Gasteiger partial charge in [0.15, 0.2) is 0 Å². The maximum Gasteiger partial charge on any atom is 0.251 e. The molecule has 1 aliphatic heterocycles. The van der Waals surface area contributed by atoms with Crippen LogP contribution in [0.1, 0.15) is 48.0 Å². The first-order valence-electron chi connectivity index (χ1n) is 6.85. The van der Waals surface area contributed by atoms with Crippen LogP contribution in [0.15, 0.2) is 18.2 Å². The molecule has 18 heavy (non-hydrogen) atoms. The van der Waals surface area contributed by atoms with E-state index in [4.69, 9.17) is 4.74 Å². The molecule has 0 radical (unpaired) electrons. The van der Waals surface area contributed by atoms with Gasteiger partial charge in [-0.15, -0.1) is 0 Å². The lowest BCUT2D eigenvalue weighted by Crippen LogP contribution is -2.26. The Bertz CT molecular complexity index is 515. The SMILES string of the molecule is O=C(NC1CC1)c1ccc2c(c1)C1(CCO2)CC1. The summed E-state index contributed by atoms with van der Waals surface area (Å²) in [6, 6.07) is 6.33. The fourth-order valence-corrected chi connectivity index (χ4v) is 2.87. The van der Waals surface area contributed by atoms with Crippen molar-refractivity contribution in [2.24, 2.45) is 0 Å². The van der Waals surface area contributed by atoms with Gasteiger partial charge in [-0.2, -0.15) is 0 Å². The molecule has 4 rings (SSSR count). The Morgan fingerprint density at radius 1 is 1.28 bits per heavy atom. The summed E-state index contributed by atoms with van der Waals surface area (Å²) in [7, 11) is 0. The van der Waals surface area contributed by atoms with Crippen molar-refractivity contribution in [3.63, 3.8) is 0 Å². The lowest BCUT2D eigenvalue weighted by Gasteiger charge is -2.26. The van der Waals surface area contributed by atoms with Crippen molar-refractivity contribution in [1.29, 1.82) is 0 Å². The first kappa shape index (κ1) is 10.4. The van der Waals surface area contributed by atoms with Crippen molar-refractivity contribution in [3.05, 3.63) is 29.3 Å². The zero-order chi connectivity index (χ0) is 12.2. The minimum absolute atomic E-state index is 0.0710. The molecule has 2 aliphatic carbocycles. The lowest BCUT2D eigenvalue weighted by atomic mass is 9.88. The molecule has 1 spiro atoms. The number of carbonyl (C=O) groups excluding carboxylic acids is 1. The second kappa shape index (κ2) is 3.50. The zero-order valence-electron chi connectivity index (χ0n) is 10.4. The lowest BCUT2D eigenvalue weighted by molar-refractivity contribution is 0.0951. The molecular formula is C15H17NO2. The van der Waals surface area contributed by atoms with Gasteiger partial charge in [-0.1, -0.05) is 0 Å². The van der Waals surface area contributed by atoms with Crippen LogP contribution in [0.3, 0.4) is 0 Å². The van der Waals surface area contributed by atoms with E-state index >= 15 is 0 Å². The number of benzene rings is 1. The fraction of sp³-hybridized carbons (Fsp3) is 0.533. The number of amides is 1. The minimum Gasteiger partial charge on any atom is -0.493 e. The maximum absolute atomic E-state index is 12.1. The predicted molar refractivity (Wildman–Crippen MR) is 68.0 cm³/mol. The van der Waals surface area contributed by atoms with E-state index in [2.05, 4.69) is 11.4 Å². The van der Waals surface area contributed by atoms with Gasteiger partial charge in [-0.3, -0.25) is 4.79 Å². The molecule has 1 amide bonds. The first-order chi connectivity index (χ1) is 8.77. The molecule has 3 aliphatic rings. The predicted octanol–water partition coefficient (Wildman–Crippen LogP) is 2.39. The quantitative estimate of drug-likeness (QED) is 0.866. The van der Waals surface area contributed by atoms with Gasteiger partial charge >= 0.3 is 0 Å². The van der Waals surface area contributed by atoms with E-state index in [0.29, 0.717) is 11.5 Å². The molecule has 0 aromatic heterocycles. The summed E-state index contributed by atoms with van der Waals surface area (Å²) in [5, 5.41) is 3.04. The van der Waals surface area contributed by atoms with Gasteiger partial charge in [-0.25, -0.2) is 0 Å². The average molecular weight is 243 g/mol. The minimum atomic E-state index is 0.0710. The van der Waals surface area contributed by atoms with Crippen molar-refractivity contribution < 1.29 is 9.53 Å². The van der Waals surface area contributed by atoms with Crippen LogP contribution in [0.2, 0.25) is 0 Å². The highest BCUT2D eigenvalue weighted by Crippen LogP contribution is 2.55. The van der Waals surface area contributed by atoms with Crippen LogP contribution < -0.4 is 10.1 Å². The van der Waals surface area contributed by atoms with Gasteiger partial charge in [0, 0.05) is 22.6 Å².